The van der Waals surface area contributed by atoms with Gasteiger partial charge in [0.05, 0.1) is 17.1 Å². The molecule has 0 fully saturated rings. The minimum absolute atomic E-state index is 0.00430. The van der Waals surface area contributed by atoms with Gasteiger partial charge in [-0.25, -0.2) is 4.98 Å². The van der Waals surface area contributed by atoms with Gasteiger partial charge in [-0.3, -0.25) is 9.59 Å². The second kappa shape index (κ2) is 8.02. The van der Waals surface area contributed by atoms with Crippen molar-refractivity contribution in [1.29, 1.82) is 0 Å². The van der Waals surface area contributed by atoms with Crippen LogP contribution in [-0.2, 0) is 11.3 Å². The average molecular weight is 356 g/mol. The minimum Gasteiger partial charge on any atom is -0.345 e. The number of benzene rings is 1. The molecule has 1 atom stereocenters. The van der Waals surface area contributed by atoms with Crippen molar-refractivity contribution in [2.24, 2.45) is 0 Å². The number of hydrogen-bond donors (Lipinski definition) is 2. The number of nitrogens with one attached hydrogen (secondary N) is 2. The molecule has 2 aromatic heterocycles. The molecule has 0 saturated carbocycles. The van der Waals surface area contributed by atoms with Gasteiger partial charge in [0, 0.05) is 12.3 Å². The van der Waals surface area contributed by atoms with Gasteiger partial charge in [-0.1, -0.05) is 18.2 Å². The average Bonchev–Trinajstić information content (AvgIpc) is 3.04. The van der Waals surface area contributed by atoms with E-state index in [0.717, 1.165) is 29.0 Å². The Morgan fingerprint density at radius 1 is 1.28 bits per heavy atom. The Morgan fingerprint density at radius 3 is 2.84 bits per heavy atom. The number of para-hydroxylation sites is 2. The molecule has 3 rings (SSSR count). The number of thioether (sulfide) groups is 1. The number of aromatic nitrogens is 3. The zero-order chi connectivity index (χ0) is 17.6. The van der Waals surface area contributed by atoms with Gasteiger partial charge in [-0.15, -0.1) is 0 Å². The molecule has 0 aliphatic carbocycles. The number of amides is 1. The molecule has 1 aromatic carbocycles. The maximum Gasteiger partial charge on any atom is 0.250 e. The molecule has 0 aliphatic rings. The van der Waals surface area contributed by atoms with Crippen LogP contribution in [0.3, 0.4) is 0 Å². The van der Waals surface area contributed by atoms with Gasteiger partial charge in [0.2, 0.25) is 5.91 Å². The molecule has 0 radical (unpaired) electrons. The van der Waals surface area contributed by atoms with Crippen molar-refractivity contribution in [3.8, 4) is 0 Å². The number of fused-ring (bicyclic) bond motifs is 1. The first kappa shape index (κ1) is 17.3. The highest BCUT2D eigenvalue weighted by Crippen LogP contribution is 2.20. The lowest BCUT2D eigenvalue weighted by molar-refractivity contribution is -0.122. The summed E-state index contributed by atoms with van der Waals surface area (Å²) >= 11 is 1.72. The van der Waals surface area contributed by atoms with Crippen LogP contribution >= 0.6 is 11.8 Å². The first-order valence-corrected chi connectivity index (χ1v) is 9.45. The van der Waals surface area contributed by atoms with E-state index in [1.807, 2.05) is 30.5 Å². The molecule has 3 aromatic rings. The predicted octanol–water partition coefficient (Wildman–Crippen LogP) is 2.34. The molecule has 6 nitrogen and oxygen atoms in total. The number of hydrogen-bond acceptors (Lipinski definition) is 4. The summed E-state index contributed by atoms with van der Waals surface area (Å²) in [5, 5.41) is 3.00. The molecular formula is C18H20N4O2S. The Bertz CT molecular complexity index is 885. The number of aromatic amines is 1. The van der Waals surface area contributed by atoms with E-state index in [4.69, 9.17) is 0 Å². The summed E-state index contributed by atoms with van der Waals surface area (Å²) in [6.45, 7) is -0.00430. The highest BCUT2D eigenvalue weighted by atomic mass is 32.2. The van der Waals surface area contributed by atoms with Gasteiger partial charge >= 0.3 is 0 Å². The predicted molar refractivity (Wildman–Crippen MR) is 101 cm³/mol. The maximum atomic E-state index is 12.4. The van der Waals surface area contributed by atoms with Crippen LogP contribution in [0.4, 0.5) is 0 Å². The standard InChI is InChI=1S/C18H20N4O2S/c1-25-11-9-15(18-20-13-6-2-3-7-14(13)21-18)19-16(23)12-22-10-5-4-8-17(22)24/h2-8,10,15H,9,11-12H2,1H3,(H,19,23)(H,20,21). The van der Waals surface area contributed by atoms with Crippen LogP contribution in [0.5, 0.6) is 0 Å². The first-order chi connectivity index (χ1) is 12.2. The molecule has 0 saturated heterocycles. The van der Waals surface area contributed by atoms with Crippen molar-refractivity contribution < 1.29 is 4.79 Å². The van der Waals surface area contributed by atoms with Gasteiger partial charge in [0.25, 0.3) is 5.56 Å². The van der Waals surface area contributed by atoms with Crippen molar-refractivity contribution in [3.63, 3.8) is 0 Å². The summed E-state index contributed by atoms with van der Waals surface area (Å²) in [6.07, 6.45) is 4.40. The highest BCUT2D eigenvalue weighted by molar-refractivity contribution is 7.98. The van der Waals surface area contributed by atoms with E-state index in [0.29, 0.717) is 0 Å². The SMILES string of the molecule is CSCCC(NC(=O)Cn1ccccc1=O)c1nc2ccccc2[nH]1. The van der Waals surface area contributed by atoms with E-state index >= 15 is 0 Å². The summed E-state index contributed by atoms with van der Waals surface area (Å²) < 4.78 is 1.39. The van der Waals surface area contributed by atoms with E-state index in [-0.39, 0.29) is 24.1 Å². The number of rotatable bonds is 7. The molecule has 1 amide bonds. The highest BCUT2D eigenvalue weighted by Gasteiger charge is 2.18. The number of nitrogens with zero attached hydrogens (tertiary/aromatic N) is 2. The number of carbonyl (C=O) groups excluding carboxylic acids is 1. The van der Waals surface area contributed by atoms with Crippen molar-refractivity contribution in [2.45, 2.75) is 19.0 Å². The maximum absolute atomic E-state index is 12.4. The number of H-pyrrole nitrogens is 1. The van der Waals surface area contributed by atoms with Crippen LogP contribution in [0.2, 0.25) is 0 Å². The van der Waals surface area contributed by atoms with E-state index in [2.05, 4.69) is 15.3 Å². The summed E-state index contributed by atoms with van der Waals surface area (Å²) in [4.78, 5) is 32.0. The number of pyridine rings is 1. The molecule has 0 aliphatic heterocycles. The largest absolute Gasteiger partial charge is 0.345 e. The molecule has 0 bridgehead atoms. The third-order valence-corrected chi connectivity index (χ3v) is 4.54. The molecule has 0 spiro atoms. The summed E-state index contributed by atoms with van der Waals surface area (Å²) in [5.74, 6) is 1.43. The van der Waals surface area contributed by atoms with Crippen molar-refractivity contribution in [2.75, 3.05) is 12.0 Å². The Hall–Kier alpha value is -2.54. The molecule has 130 valence electrons. The Kier molecular flexibility index (Phi) is 5.55. The van der Waals surface area contributed by atoms with E-state index < -0.39 is 0 Å². The Balaban J connectivity index is 1.77. The Morgan fingerprint density at radius 2 is 2.08 bits per heavy atom. The molecule has 7 heteroatoms. The molecular weight excluding hydrogens is 336 g/mol. The first-order valence-electron chi connectivity index (χ1n) is 8.06. The van der Waals surface area contributed by atoms with Gasteiger partial charge in [0.15, 0.2) is 0 Å². The minimum atomic E-state index is -0.216. The Labute approximate surface area is 149 Å². The van der Waals surface area contributed by atoms with Crippen molar-refractivity contribution >= 4 is 28.7 Å². The smallest absolute Gasteiger partial charge is 0.250 e. The van der Waals surface area contributed by atoms with Crippen molar-refractivity contribution in [3.05, 3.63) is 64.8 Å². The van der Waals surface area contributed by atoms with E-state index in [1.54, 1.807) is 30.1 Å². The van der Waals surface area contributed by atoms with Gasteiger partial charge in [0.1, 0.15) is 12.4 Å². The fourth-order valence-corrected chi connectivity index (χ4v) is 3.11. The number of carbonyl (C=O) groups is 1. The topological polar surface area (TPSA) is 79.8 Å². The van der Waals surface area contributed by atoms with Crippen LogP contribution < -0.4 is 10.9 Å². The summed E-state index contributed by atoms with van der Waals surface area (Å²) in [7, 11) is 0. The second-order valence-corrected chi connectivity index (χ2v) is 6.69. The fraction of sp³-hybridized carbons (Fsp3) is 0.278. The monoisotopic (exact) mass is 356 g/mol. The fourth-order valence-electron chi connectivity index (χ4n) is 2.64. The summed E-state index contributed by atoms with van der Waals surface area (Å²) in [6, 6.07) is 12.4. The quantitative estimate of drug-likeness (QED) is 0.681. The van der Waals surface area contributed by atoms with Crippen LogP contribution in [0.15, 0.2) is 53.5 Å². The lowest BCUT2D eigenvalue weighted by atomic mass is 10.2. The van der Waals surface area contributed by atoms with E-state index in [1.165, 1.54) is 10.6 Å². The molecule has 2 heterocycles. The van der Waals surface area contributed by atoms with Gasteiger partial charge in [-0.05, 0) is 36.6 Å². The third kappa shape index (κ3) is 4.30. The molecule has 2 N–H and O–H groups in total. The normalized spacial score (nSPS) is 12.2. The molecule has 1 unspecified atom stereocenters. The van der Waals surface area contributed by atoms with Crippen LogP contribution in [0.1, 0.15) is 18.3 Å². The third-order valence-electron chi connectivity index (χ3n) is 3.90. The molecule has 25 heavy (non-hydrogen) atoms. The van der Waals surface area contributed by atoms with E-state index in [9.17, 15) is 9.59 Å². The zero-order valence-electron chi connectivity index (χ0n) is 13.9. The van der Waals surface area contributed by atoms with Gasteiger partial charge < -0.3 is 14.9 Å². The zero-order valence-corrected chi connectivity index (χ0v) is 14.8. The van der Waals surface area contributed by atoms with Gasteiger partial charge in [-0.2, -0.15) is 11.8 Å². The lowest BCUT2D eigenvalue weighted by Crippen LogP contribution is -2.35. The lowest BCUT2D eigenvalue weighted by Gasteiger charge is -2.16. The van der Waals surface area contributed by atoms with Crippen LogP contribution in [-0.4, -0.2) is 32.5 Å². The second-order valence-electron chi connectivity index (χ2n) is 5.71. The van der Waals surface area contributed by atoms with Crippen LogP contribution in [0, 0.1) is 0 Å². The van der Waals surface area contributed by atoms with Crippen LogP contribution in [0.25, 0.3) is 11.0 Å². The van der Waals surface area contributed by atoms with Crippen molar-refractivity contribution in [1.82, 2.24) is 19.9 Å². The number of imidazole rings is 1. The summed E-state index contributed by atoms with van der Waals surface area (Å²) in [5.41, 5.74) is 1.63.